The van der Waals surface area contributed by atoms with Gasteiger partial charge in [-0.15, -0.1) is 11.6 Å². The van der Waals surface area contributed by atoms with Crippen LogP contribution in [0, 0.1) is 10.1 Å². The van der Waals surface area contributed by atoms with E-state index in [0.29, 0.717) is 0 Å². The van der Waals surface area contributed by atoms with Crippen molar-refractivity contribution in [1.29, 1.82) is 0 Å². The highest BCUT2D eigenvalue weighted by molar-refractivity contribution is 6.18. The molecule has 0 bridgehead atoms. The van der Waals surface area contributed by atoms with Crippen LogP contribution in [-0.2, 0) is 0 Å². The molecule has 0 saturated heterocycles. The second-order valence-electron chi connectivity index (χ2n) is 0.824. The summed E-state index contributed by atoms with van der Waals surface area (Å²) in [7, 11) is 0. The first-order valence-corrected chi connectivity index (χ1v) is 2.17. The van der Waals surface area contributed by atoms with E-state index < -0.39 is 4.92 Å². The summed E-state index contributed by atoms with van der Waals surface area (Å²) >= 11 is 5.05. The summed E-state index contributed by atoms with van der Waals surface area (Å²) in [6.07, 6.45) is 2.08. The van der Waals surface area contributed by atoms with E-state index in [1.54, 1.807) is 0 Å². The van der Waals surface area contributed by atoms with Gasteiger partial charge in [0.25, 0.3) is 0 Å². The van der Waals surface area contributed by atoms with Gasteiger partial charge in [-0.1, -0.05) is 0 Å². The summed E-state index contributed by atoms with van der Waals surface area (Å²) in [4.78, 5) is 8.87. The zero-order valence-corrected chi connectivity index (χ0v) is 4.26. The maximum atomic E-state index is 9.42. The van der Waals surface area contributed by atoms with Crippen LogP contribution in [0.4, 0.5) is 0 Å². The lowest BCUT2D eigenvalue weighted by Gasteiger charge is -1.72. The average Bonchev–Trinajstić information content (AvgIpc) is 1.61. The molecule has 0 heterocycles. The zero-order valence-electron chi connectivity index (χ0n) is 3.50. The Bertz CT molecular complexity index is 90.9. The molecule has 0 aliphatic rings. The minimum Gasteiger partial charge on any atom is -0.259 e. The van der Waals surface area contributed by atoms with E-state index in [0.717, 1.165) is 6.20 Å². The number of alkyl halides is 1. The van der Waals surface area contributed by atoms with E-state index in [9.17, 15) is 10.1 Å². The maximum Gasteiger partial charge on any atom is 0.231 e. The lowest BCUT2D eigenvalue weighted by atomic mass is 10.7. The Labute approximate surface area is 45.7 Å². The number of nitro groups is 1. The van der Waals surface area contributed by atoms with Crippen LogP contribution in [0.25, 0.3) is 0 Å². The van der Waals surface area contributed by atoms with Gasteiger partial charge in [0.15, 0.2) is 0 Å². The summed E-state index contributed by atoms with van der Waals surface area (Å²) in [6.45, 7) is 0. The van der Waals surface area contributed by atoms with Gasteiger partial charge in [-0.3, -0.25) is 10.1 Å². The molecule has 0 rings (SSSR count). The molecule has 0 aliphatic heterocycles. The molecule has 7 heavy (non-hydrogen) atoms. The Morgan fingerprint density at radius 1 is 1.86 bits per heavy atom. The van der Waals surface area contributed by atoms with Crippen molar-refractivity contribution in [2.24, 2.45) is 0 Å². The Hall–Kier alpha value is -0.570. The van der Waals surface area contributed by atoms with Crippen LogP contribution in [0.2, 0.25) is 0 Å². The number of halogens is 1. The number of hydrogen-bond donors (Lipinski definition) is 0. The number of allylic oxidation sites excluding steroid dienone is 1. The maximum absolute atomic E-state index is 9.42. The predicted octanol–water partition coefficient (Wildman–Crippen LogP) is 1.02. The van der Waals surface area contributed by atoms with Gasteiger partial charge in [-0.2, -0.15) is 0 Å². The van der Waals surface area contributed by atoms with Crippen LogP contribution in [-0.4, -0.2) is 10.8 Å². The Morgan fingerprint density at radius 3 is 2.57 bits per heavy atom. The van der Waals surface area contributed by atoms with Crippen LogP contribution in [0.3, 0.4) is 0 Å². The third-order valence-electron chi connectivity index (χ3n) is 0.316. The van der Waals surface area contributed by atoms with E-state index in [-0.39, 0.29) is 5.88 Å². The molecule has 0 radical (unpaired) electrons. The van der Waals surface area contributed by atoms with Gasteiger partial charge in [0.1, 0.15) is 0 Å². The second-order valence-corrected chi connectivity index (χ2v) is 1.13. The minimum atomic E-state index is -0.553. The van der Waals surface area contributed by atoms with E-state index in [4.69, 9.17) is 11.6 Å². The normalized spacial score (nSPS) is 9.86. The molecule has 0 aromatic carbocycles. The Kier molecular flexibility index (Phi) is 3.32. The highest BCUT2D eigenvalue weighted by Gasteiger charge is 1.78. The number of rotatable bonds is 2. The standard InChI is InChI=1S/C3H4ClNO2/c4-2-1-3-5(6)7/h1,3H,2H2/b3-1+. The van der Waals surface area contributed by atoms with E-state index in [1.165, 1.54) is 6.08 Å². The van der Waals surface area contributed by atoms with Crippen LogP contribution in [0.15, 0.2) is 12.3 Å². The molecule has 3 nitrogen and oxygen atoms in total. The van der Waals surface area contributed by atoms with Gasteiger partial charge >= 0.3 is 0 Å². The highest BCUT2D eigenvalue weighted by atomic mass is 35.5. The molecule has 0 unspecified atom stereocenters. The van der Waals surface area contributed by atoms with Crippen molar-refractivity contribution >= 4 is 11.6 Å². The molecule has 4 heteroatoms. The fourth-order valence-electron chi connectivity index (χ4n) is 0.126. The summed E-state index contributed by atoms with van der Waals surface area (Å²) in [6, 6.07) is 0. The van der Waals surface area contributed by atoms with Crippen LogP contribution in [0.1, 0.15) is 0 Å². The van der Waals surface area contributed by atoms with Gasteiger partial charge < -0.3 is 0 Å². The first-order chi connectivity index (χ1) is 3.27. The van der Waals surface area contributed by atoms with E-state index in [2.05, 4.69) is 0 Å². The van der Waals surface area contributed by atoms with Crippen molar-refractivity contribution in [3.05, 3.63) is 22.4 Å². The van der Waals surface area contributed by atoms with Crippen molar-refractivity contribution < 1.29 is 4.92 Å². The molecular formula is C3H4ClNO2. The van der Waals surface area contributed by atoms with Gasteiger partial charge in [0.05, 0.1) is 4.92 Å². The summed E-state index contributed by atoms with van der Waals surface area (Å²) in [5, 5.41) is 9.42. The molecule has 0 aromatic heterocycles. The van der Waals surface area contributed by atoms with E-state index in [1.807, 2.05) is 0 Å². The SMILES string of the molecule is O=[N+]([O-])/C=C/CCl. The van der Waals surface area contributed by atoms with Crippen molar-refractivity contribution in [3.8, 4) is 0 Å². The first-order valence-electron chi connectivity index (χ1n) is 1.63. The summed E-state index contributed by atoms with van der Waals surface area (Å²) in [5.74, 6) is 0.195. The third kappa shape index (κ3) is 5.43. The molecule has 0 aliphatic carbocycles. The monoisotopic (exact) mass is 121 g/mol. The highest BCUT2D eigenvalue weighted by Crippen LogP contribution is 1.76. The lowest BCUT2D eigenvalue weighted by molar-refractivity contribution is -0.402. The van der Waals surface area contributed by atoms with E-state index >= 15 is 0 Å². The van der Waals surface area contributed by atoms with Crippen molar-refractivity contribution in [3.63, 3.8) is 0 Å². The largest absolute Gasteiger partial charge is 0.259 e. The fourth-order valence-corrected chi connectivity index (χ4v) is 0.206. The lowest BCUT2D eigenvalue weighted by Crippen LogP contribution is -1.81. The van der Waals surface area contributed by atoms with Gasteiger partial charge in [0.2, 0.25) is 6.20 Å². The van der Waals surface area contributed by atoms with Gasteiger partial charge in [0, 0.05) is 12.0 Å². The van der Waals surface area contributed by atoms with Crippen LogP contribution in [0.5, 0.6) is 0 Å². The zero-order chi connectivity index (χ0) is 5.70. The Balaban J connectivity index is 3.26. The number of nitrogens with zero attached hydrogens (tertiary/aromatic N) is 1. The first kappa shape index (κ1) is 6.43. The quantitative estimate of drug-likeness (QED) is 0.311. The molecule has 40 valence electrons. The minimum absolute atomic E-state index is 0.195. The van der Waals surface area contributed by atoms with Gasteiger partial charge in [-0.05, 0) is 0 Å². The second kappa shape index (κ2) is 3.61. The number of hydrogen-bond acceptors (Lipinski definition) is 2. The predicted molar refractivity (Wildman–Crippen MR) is 26.9 cm³/mol. The van der Waals surface area contributed by atoms with Crippen molar-refractivity contribution in [2.45, 2.75) is 0 Å². The molecule has 0 saturated carbocycles. The molecule has 0 amide bonds. The van der Waals surface area contributed by atoms with Gasteiger partial charge in [-0.25, -0.2) is 0 Å². The molecule has 0 aromatic rings. The van der Waals surface area contributed by atoms with Crippen LogP contribution >= 0.6 is 11.6 Å². The molecule has 0 spiro atoms. The third-order valence-corrected chi connectivity index (χ3v) is 0.494. The summed E-state index contributed by atoms with van der Waals surface area (Å²) in [5.41, 5.74) is 0. The average molecular weight is 122 g/mol. The van der Waals surface area contributed by atoms with Crippen molar-refractivity contribution in [2.75, 3.05) is 5.88 Å². The van der Waals surface area contributed by atoms with Crippen LogP contribution < -0.4 is 0 Å². The molecule has 0 atom stereocenters. The Morgan fingerprint density at radius 2 is 2.43 bits per heavy atom. The molecular weight excluding hydrogens is 117 g/mol. The topological polar surface area (TPSA) is 43.1 Å². The molecule has 0 N–H and O–H groups in total. The molecule has 0 fully saturated rings. The summed E-state index contributed by atoms with van der Waals surface area (Å²) < 4.78 is 0. The smallest absolute Gasteiger partial charge is 0.231 e. The fraction of sp³-hybridized carbons (Fsp3) is 0.333. The van der Waals surface area contributed by atoms with Crippen molar-refractivity contribution in [1.82, 2.24) is 0 Å².